The Hall–Kier alpha value is -3.31. The Labute approximate surface area is 170 Å². The molecular weight excluding hydrogens is 400 g/mol. The van der Waals surface area contributed by atoms with E-state index in [1.54, 1.807) is 4.90 Å². The number of ether oxygens (including phenoxy) is 1. The molecule has 2 fully saturated rings. The van der Waals surface area contributed by atoms with Crippen LogP contribution in [0, 0.1) is 11.6 Å². The largest absolute Gasteiger partial charge is 0.442 e. The molecule has 0 unspecified atom stereocenters. The van der Waals surface area contributed by atoms with Crippen LogP contribution in [0.1, 0.15) is 31.5 Å². The Balaban J connectivity index is 1.45. The minimum atomic E-state index is -0.747. The second kappa shape index (κ2) is 8.20. The molecular formula is C18H21F2N7O3. The predicted molar refractivity (Wildman–Crippen MR) is 101 cm³/mol. The lowest BCUT2D eigenvalue weighted by Gasteiger charge is -2.33. The lowest BCUT2D eigenvalue weighted by Crippen LogP contribution is -2.35. The maximum absolute atomic E-state index is 14.8. The van der Waals surface area contributed by atoms with Gasteiger partial charge in [0.1, 0.15) is 11.8 Å². The van der Waals surface area contributed by atoms with E-state index in [4.69, 9.17) is 4.74 Å². The molecule has 2 aromatic rings. The third kappa shape index (κ3) is 4.02. The Morgan fingerprint density at radius 1 is 1.30 bits per heavy atom. The van der Waals surface area contributed by atoms with E-state index in [0.717, 1.165) is 17.0 Å². The van der Waals surface area contributed by atoms with Gasteiger partial charge in [0, 0.05) is 38.1 Å². The van der Waals surface area contributed by atoms with Crippen molar-refractivity contribution in [3.05, 3.63) is 29.6 Å². The number of anilines is 2. The third-order valence-corrected chi connectivity index (χ3v) is 5.33. The first-order valence-corrected chi connectivity index (χ1v) is 9.62. The molecule has 0 radical (unpaired) electrons. The highest BCUT2D eigenvalue weighted by atomic mass is 19.1. The van der Waals surface area contributed by atoms with E-state index in [-0.39, 0.29) is 36.3 Å². The van der Waals surface area contributed by atoms with Crippen LogP contribution in [-0.4, -0.2) is 64.9 Å². The van der Waals surface area contributed by atoms with Crippen molar-refractivity contribution in [2.24, 2.45) is 0 Å². The van der Waals surface area contributed by atoms with Gasteiger partial charge in [0.15, 0.2) is 17.5 Å². The number of halogens is 2. The van der Waals surface area contributed by atoms with Crippen LogP contribution in [-0.2, 0) is 9.53 Å². The van der Waals surface area contributed by atoms with Crippen molar-refractivity contribution in [3.8, 4) is 0 Å². The van der Waals surface area contributed by atoms with E-state index in [0.29, 0.717) is 31.8 Å². The lowest BCUT2D eigenvalue weighted by molar-refractivity contribution is -0.119. The number of carbonyl (C=O) groups is 2. The van der Waals surface area contributed by atoms with Crippen LogP contribution < -0.4 is 15.1 Å². The normalized spacial score (nSPS) is 19.8. The second-order valence-electron chi connectivity index (χ2n) is 7.36. The summed E-state index contributed by atoms with van der Waals surface area (Å²) in [6, 6.07) is 2.26. The number of nitrogens with zero attached hydrogens (tertiary/aromatic N) is 5. The molecule has 0 aliphatic carbocycles. The summed E-state index contributed by atoms with van der Waals surface area (Å²) in [7, 11) is 0. The Morgan fingerprint density at radius 3 is 2.60 bits per heavy atom. The number of amides is 2. The molecule has 2 amide bonds. The second-order valence-corrected chi connectivity index (χ2v) is 7.36. The number of carbonyl (C=O) groups excluding carboxylic acids is 2. The van der Waals surface area contributed by atoms with Gasteiger partial charge in [0.05, 0.1) is 18.8 Å². The molecule has 0 bridgehead atoms. The van der Waals surface area contributed by atoms with Crippen LogP contribution in [0.4, 0.5) is 25.0 Å². The van der Waals surface area contributed by atoms with Gasteiger partial charge in [-0.05, 0) is 23.3 Å². The molecule has 160 valence electrons. The number of cyclic esters (lactones) is 1. The summed E-state index contributed by atoms with van der Waals surface area (Å²) >= 11 is 0. The first kappa shape index (κ1) is 20.0. The van der Waals surface area contributed by atoms with E-state index in [1.807, 2.05) is 0 Å². The number of hydrogen-bond acceptors (Lipinski definition) is 7. The number of H-pyrrole nitrogens is 1. The standard InChI is InChI=1S/C18H21F2N7O3/c1-10(28)21-8-13-9-27(18(29)30-13)12-6-14(19)16(15(20)7-12)26-4-2-11(3-5-26)17-22-24-25-23-17/h6-7,11,13H,2-5,8-9H2,1H3,(H,21,28)(H,22,23,24,25)/t13-/m0/s1. The molecule has 2 saturated heterocycles. The van der Waals surface area contributed by atoms with Gasteiger partial charge in [0.2, 0.25) is 5.91 Å². The summed E-state index contributed by atoms with van der Waals surface area (Å²) in [4.78, 5) is 25.9. The number of rotatable bonds is 5. The van der Waals surface area contributed by atoms with Crippen LogP contribution in [0.5, 0.6) is 0 Å². The molecule has 2 aliphatic heterocycles. The summed E-state index contributed by atoms with van der Waals surface area (Å²) < 4.78 is 34.8. The number of tetrazole rings is 1. The van der Waals surface area contributed by atoms with Gasteiger partial charge in [-0.25, -0.2) is 18.7 Å². The third-order valence-electron chi connectivity index (χ3n) is 5.33. The van der Waals surface area contributed by atoms with Crippen molar-refractivity contribution in [1.82, 2.24) is 25.9 Å². The van der Waals surface area contributed by atoms with Crippen molar-refractivity contribution in [1.29, 1.82) is 0 Å². The minimum absolute atomic E-state index is 0.0756. The molecule has 2 N–H and O–H groups in total. The fraction of sp³-hybridized carbons (Fsp3) is 0.500. The quantitative estimate of drug-likeness (QED) is 0.748. The molecule has 0 saturated carbocycles. The van der Waals surface area contributed by atoms with E-state index < -0.39 is 23.8 Å². The van der Waals surface area contributed by atoms with Gasteiger partial charge >= 0.3 is 6.09 Å². The molecule has 2 aliphatic rings. The average Bonchev–Trinajstić information content (AvgIpc) is 3.36. The zero-order valence-electron chi connectivity index (χ0n) is 16.3. The number of benzene rings is 1. The van der Waals surface area contributed by atoms with Gasteiger partial charge in [0.25, 0.3) is 0 Å². The molecule has 10 nitrogen and oxygen atoms in total. The number of nitrogens with one attached hydrogen (secondary N) is 2. The molecule has 12 heteroatoms. The van der Waals surface area contributed by atoms with Gasteiger partial charge < -0.3 is 15.0 Å². The van der Waals surface area contributed by atoms with Crippen LogP contribution >= 0.6 is 0 Å². The number of hydrogen-bond donors (Lipinski definition) is 2. The van der Waals surface area contributed by atoms with E-state index >= 15 is 0 Å². The van der Waals surface area contributed by atoms with Crippen LogP contribution in [0.3, 0.4) is 0 Å². The van der Waals surface area contributed by atoms with E-state index in [9.17, 15) is 18.4 Å². The van der Waals surface area contributed by atoms with Gasteiger partial charge in [-0.3, -0.25) is 9.69 Å². The van der Waals surface area contributed by atoms with Crippen molar-refractivity contribution in [2.45, 2.75) is 31.8 Å². The van der Waals surface area contributed by atoms with Gasteiger partial charge in [-0.1, -0.05) is 0 Å². The molecule has 1 aromatic carbocycles. The van der Waals surface area contributed by atoms with Gasteiger partial charge in [-0.15, -0.1) is 5.10 Å². The zero-order valence-corrected chi connectivity index (χ0v) is 16.3. The Morgan fingerprint density at radius 2 is 2.00 bits per heavy atom. The first-order valence-electron chi connectivity index (χ1n) is 9.62. The van der Waals surface area contributed by atoms with E-state index in [1.165, 1.54) is 6.92 Å². The maximum Gasteiger partial charge on any atom is 0.414 e. The maximum atomic E-state index is 14.8. The number of piperidine rings is 1. The molecule has 1 aromatic heterocycles. The number of aromatic nitrogens is 4. The molecule has 30 heavy (non-hydrogen) atoms. The van der Waals surface area contributed by atoms with Crippen LogP contribution in [0.25, 0.3) is 0 Å². The highest BCUT2D eigenvalue weighted by Gasteiger charge is 2.34. The van der Waals surface area contributed by atoms with Crippen LogP contribution in [0.2, 0.25) is 0 Å². The SMILES string of the molecule is CC(=O)NC[C@H]1CN(c2cc(F)c(N3CCC(c4nnn[nH]4)CC3)c(F)c2)C(=O)O1. The van der Waals surface area contributed by atoms with Crippen molar-refractivity contribution < 1.29 is 23.1 Å². The fourth-order valence-corrected chi connectivity index (χ4v) is 3.82. The lowest BCUT2D eigenvalue weighted by atomic mass is 9.95. The topological polar surface area (TPSA) is 116 Å². The minimum Gasteiger partial charge on any atom is -0.442 e. The predicted octanol–water partition coefficient (Wildman–Crippen LogP) is 1.32. The highest BCUT2D eigenvalue weighted by Crippen LogP contribution is 2.34. The van der Waals surface area contributed by atoms with Gasteiger partial charge in [-0.2, -0.15) is 0 Å². The Bertz CT molecular complexity index is 909. The van der Waals surface area contributed by atoms with Crippen molar-refractivity contribution in [3.63, 3.8) is 0 Å². The molecule has 3 heterocycles. The summed E-state index contributed by atoms with van der Waals surface area (Å²) in [6.07, 6.45) is 0.0110. The zero-order chi connectivity index (χ0) is 21.3. The Kier molecular flexibility index (Phi) is 5.46. The summed E-state index contributed by atoms with van der Waals surface area (Å²) in [5.74, 6) is -0.964. The molecule has 4 rings (SSSR count). The summed E-state index contributed by atoms with van der Waals surface area (Å²) in [5, 5.41) is 16.3. The van der Waals surface area contributed by atoms with Crippen molar-refractivity contribution in [2.75, 3.05) is 36.0 Å². The van der Waals surface area contributed by atoms with Crippen molar-refractivity contribution >= 4 is 23.4 Å². The van der Waals surface area contributed by atoms with E-state index in [2.05, 4.69) is 25.9 Å². The monoisotopic (exact) mass is 421 g/mol. The van der Waals surface area contributed by atoms with Crippen LogP contribution in [0.15, 0.2) is 12.1 Å². The number of aromatic amines is 1. The first-order chi connectivity index (χ1) is 14.4. The molecule has 1 atom stereocenters. The average molecular weight is 421 g/mol. The fourth-order valence-electron chi connectivity index (χ4n) is 3.82. The summed E-state index contributed by atoms with van der Waals surface area (Å²) in [6.45, 7) is 2.47. The highest BCUT2D eigenvalue weighted by molar-refractivity contribution is 5.90. The smallest absolute Gasteiger partial charge is 0.414 e. The molecule has 0 spiro atoms. The summed E-state index contributed by atoms with van der Waals surface area (Å²) in [5.41, 5.74) is -0.0399.